The van der Waals surface area contributed by atoms with Crippen molar-refractivity contribution in [2.45, 2.75) is 20.5 Å². The quantitative estimate of drug-likeness (QED) is 0.0475. The summed E-state index contributed by atoms with van der Waals surface area (Å²) >= 11 is 0. The number of esters is 3. The highest BCUT2D eigenvalue weighted by molar-refractivity contribution is 5.88. The van der Waals surface area contributed by atoms with Crippen LogP contribution in [-0.4, -0.2) is 24.5 Å². The van der Waals surface area contributed by atoms with Crippen LogP contribution in [-0.2, 0) is 30.5 Å². The van der Waals surface area contributed by atoms with Crippen LogP contribution in [0.2, 0.25) is 0 Å². The van der Waals surface area contributed by atoms with E-state index in [0.717, 1.165) is 23.3 Å². The van der Waals surface area contributed by atoms with E-state index < -0.39 is 35.1 Å². The minimum absolute atomic E-state index is 0.0341. The molecule has 0 atom stereocenters. The summed E-state index contributed by atoms with van der Waals surface area (Å²) in [4.78, 5) is 35.1. The fourth-order valence-corrected chi connectivity index (χ4v) is 4.23. The van der Waals surface area contributed by atoms with Gasteiger partial charge in [0.15, 0.2) is 17.4 Å². The zero-order valence-electron chi connectivity index (χ0n) is 29.5. The normalized spacial score (nSPS) is 10.4. The van der Waals surface area contributed by atoms with Gasteiger partial charge in [0.2, 0.25) is 0 Å². The van der Waals surface area contributed by atoms with E-state index in [-0.39, 0.29) is 30.1 Å². The van der Waals surface area contributed by atoms with Crippen molar-refractivity contribution in [2.75, 3.05) is 6.61 Å². The number of ether oxygens (including phenoxy) is 4. The fourth-order valence-electron chi connectivity index (χ4n) is 4.23. The summed E-state index contributed by atoms with van der Waals surface area (Å²) in [5.41, 5.74) is 3.19. The largest absolute Gasteiger partial charge is 0.490 e. The van der Waals surface area contributed by atoms with Gasteiger partial charge in [-0.25, -0.2) is 23.2 Å². The van der Waals surface area contributed by atoms with Crippen LogP contribution in [0.5, 0.6) is 11.5 Å². The third-order valence-electron chi connectivity index (χ3n) is 7.12. The summed E-state index contributed by atoms with van der Waals surface area (Å²) in [6.07, 6.45) is 7.60. The smallest absolute Gasteiger partial charge is 0.337 e. The average Bonchev–Trinajstić information content (AvgIpc) is 3.17. The van der Waals surface area contributed by atoms with Gasteiger partial charge in [0, 0.05) is 34.4 Å². The molecule has 0 aliphatic heterocycles. The second-order valence-corrected chi connectivity index (χ2v) is 11.5. The Hall–Kier alpha value is -7.23. The minimum atomic E-state index is -1.34. The van der Waals surface area contributed by atoms with E-state index >= 15 is 8.78 Å². The Kier molecular flexibility index (Phi) is 14.2. The van der Waals surface area contributed by atoms with E-state index in [4.69, 9.17) is 18.9 Å². The van der Waals surface area contributed by atoms with Crippen LogP contribution in [0.4, 0.5) is 8.78 Å². The molecule has 0 aromatic heterocycles. The van der Waals surface area contributed by atoms with Crippen LogP contribution in [0.25, 0.3) is 12.2 Å². The second-order valence-electron chi connectivity index (χ2n) is 11.5. The number of rotatable bonds is 12. The lowest BCUT2D eigenvalue weighted by Gasteiger charge is -2.08. The predicted molar refractivity (Wildman–Crippen MR) is 203 cm³/mol. The maximum absolute atomic E-state index is 15.4. The highest BCUT2D eigenvalue weighted by Gasteiger charge is 2.19. The molecule has 0 N–H and O–H groups in total. The van der Waals surface area contributed by atoms with E-state index in [2.05, 4.69) is 43.4 Å². The highest BCUT2D eigenvalue weighted by Crippen LogP contribution is 2.27. The summed E-state index contributed by atoms with van der Waals surface area (Å²) in [5, 5.41) is 0. The van der Waals surface area contributed by atoms with Crippen molar-refractivity contribution < 1.29 is 42.1 Å². The van der Waals surface area contributed by atoms with E-state index in [1.54, 1.807) is 68.5 Å². The van der Waals surface area contributed by atoms with Crippen molar-refractivity contribution in [1.82, 2.24) is 0 Å². The van der Waals surface area contributed by atoms with Gasteiger partial charge in [0.05, 0.1) is 11.8 Å². The van der Waals surface area contributed by atoms with E-state index in [1.165, 1.54) is 6.26 Å². The first kappa shape index (κ1) is 39.6. The SMILES string of the molecule is C=CC(=O)Oc1cc(C#Cc2ccc(COC(=O)C(=C)C)cc2)c(F)c(F)c1C#Cc1ccc(OC/C=C/c2ccc(/C=C/OC(=O)C(=C)C)cc2)cc1. The third kappa shape index (κ3) is 11.9. The summed E-state index contributed by atoms with van der Waals surface area (Å²) in [5.74, 6) is 6.38. The van der Waals surface area contributed by atoms with Crippen LogP contribution in [0.3, 0.4) is 0 Å². The van der Waals surface area contributed by atoms with Gasteiger partial charge in [0.25, 0.3) is 0 Å². The van der Waals surface area contributed by atoms with Gasteiger partial charge >= 0.3 is 17.9 Å². The zero-order chi connectivity index (χ0) is 39.0. The van der Waals surface area contributed by atoms with Crippen LogP contribution in [0, 0.1) is 35.3 Å². The summed E-state index contributed by atoms with van der Waals surface area (Å²) < 4.78 is 51.6. The van der Waals surface area contributed by atoms with Gasteiger partial charge < -0.3 is 18.9 Å². The molecule has 9 heteroatoms. The second kappa shape index (κ2) is 19.4. The van der Waals surface area contributed by atoms with E-state index in [0.29, 0.717) is 28.0 Å². The Bertz CT molecular complexity index is 2260. The Morgan fingerprint density at radius 1 is 0.741 bits per heavy atom. The molecule has 0 amide bonds. The molecule has 0 aliphatic carbocycles. The lowest BCUT2D eigenvalue weighted by atomic mass is 10.1. The van der Waals surface area contributed by atoms with Crippen LogP contribution < -0.4 is 9.47 Å². The number of halogens is 2. The van der Waals surface area contributed by atoms with Crippen molar-refractivity contribution in [1.29, 1.82) is 0 Å². The number of carbonyl (C=O) groups excluding carboxylic acids is 3. The number of benzene rings is 4. The lowest BCUT2D eigenvalue weighted by molar-refractivity contribution is -0.140. The molecule has 4 aromatic carbocycles. The van der Waals surface area contributed by atoms with Crippen molar-refractivity contribution in [2.24, 2.45) is 0 Å². The maximum atomic E-state index is 15.4. The first-order valence-corrected chi connectivity index (χ1v) is 16.3. The Labute approximate surface area is 312 Å². The molecule has 0 saturated carbocycles. The molecule has 54 heavy (non-hydrogen) atoms. The average molecular weight is 725 g/mol. The van der Waals surface area contributed by atoms with Crippen LogP contribution >= 0.6 is 0 Å². The first-order valence-electron chi connectivity index (χ1n) is 16.3. The van der Waals surface area contributed by atoms with Gasteiger partial charge in [-0.1, -0.05) is 85.9 Å². The van der Waals surface area contributed by atoms with Crippen molar-refractivity contribution in [3.05, 3.63) is 179 Å². The molecule has 0 fully saturated rings. The number of carbonyl (C=O) groups is 3. The Morgan fingerprint density at radius 2 is 1.33 bits per heavy atom. The summed E-state index contributed by atoms with van der Waals surface area (Å²) in [7, 11) is 0. The molecule has 7 nitrogen and oxygen atoms in total. The molecule has 0 spiro atoms. The molecule has 0 saturated heterocycles. The molecular weight excluding hydrogens is 690 g/mol. The van der Waals surface area contributed by atoms with Gasteiger partial charge in [-0.15, -0.1) is 0 Å². The molecule has 0 unspecified atom stereocenters. The Morgan fingerprint density at radius 3 is 1.94 bits per heavy atom. The molecule has 0 heterocycles. The molecule has 0 aliphatic rings. The summed E-state index contributed by atoms with van der Waals surface area (Å²) in [6.45, 7) is 13.8. The molecule has 0 radical (unpaired) electrons. The highest BCUT2D eigenvalue weighted by atomic mass is 19.2. The van der Waals surface area contributed by atoms with Gasteiger partial charge in [-0.2, -0.15) is 0 Å². The van der Waals surface area contributed by atoms with E-state index in [1.807, 2.05) is 36.4 Å². The van der Waals surface area contributed by atoms with Crippen LogP contribution in [0.1, 0.15) is 52.8 Å². The topological polar surface area (TPSA) is 88.1 Å². The zero-order valence-corrected chi connectivity index (χ0v) is 29.5. The Balaban J connectivity index is 1.41. The lowest BCUT2D eigenvalue weighted by Crippen LogP contribution is -2.07. The monoisotopic (exact) mass is 724 g/mol. The fraction of sp³-hybridized carbons (Fsp3) is 0.0889. The maximum Gasteiger partial charge on any atom is 0.337 e. The molecular formula is C45H34F2O7. The predicted octanol–water partition coefficient (Wildman–Crippen LogP) is 8.66. The summed E-state index contributed by atoms with van der Waals surface area (Å²) in [6, 6.07) is 21.9. The first-order chi connectivity index (χ1) is 25.9. The van der Waals surface area contributed by atoms with E-state index in [9.17, 15) is 14.4 Å². The standard InChI is InChI=1S/C45H34F2O7/c1-6-41(48)54-40-28-37(21-17-33-13-15-36(16-14-33)29-53-45(50)31(4)5)42(46)43(47)39(40)24-20-34-18-22-38(23-19-34)51-26-7-8-32-9-11-35(12-10-32)25-27-52-44(49)30(2)3/h6-16,18-19,22-23,25,27-28H,1-2,4,26,29H2,3,5H3/b8-7+,27-25+. The minimum Gasteiger partial charge on any atom is -0.490 e. The van der Waals surface area contributed by atoms with Gasteiger partial charge in [-0.05, 0) is 79.1 Å². The molecule has 4 rings (SSSR count). The van der Waals surface area contributed by atoms with Crippen molar-refractivity contribution in [3.8, 4) is 35.2 Å². The van der Waals surface area contributed by atoms with Crippen LogP contribution in [0.15, 0.2) is 128 Å². The van der Waals surface area contributed by atoms with Crippen molar-refractivity contribution >= 4 is 30.1 Å². The molecule has 270 valence electrons. The van der Waals surface area contributed by atoms with Gasteiger partial charge in [0.1, 0.15) is 24.5 Å². The third-order valence-corrected chi connectivity index (χ3v) is 7.12. The number of hydrogen-bond donors (Lipinski definition) is 0. The van der Waals surface area contributed by atoms with Crippen molar-refractivity contribution in [3.63, 3.8) is 0 Å². The van der Waals surface area contributed by atoms with Gasteiger partial charge in [-0.3, -0.25) is 0 Å². The molecule has 0 bridgehead atoms. The molecule has 4 aromatic rings. The number of hydrogen-bond acceptors (Lipinski definition) is 7.